The minimum atomic E-state index is -0.289. The summed E-state index contributed by atoms with van der Waals surface area (Å²) in [6, 6.07) is 16.3. The van der Waals surface area contributed by atoms with Gasteiger partial charge in [-0.2, -0.15) is 0 Å². The van der Waals surface area contributed by atoms with Crippen LogP contribution >= 0.6 is 0 Å². The van der Waals surface area contributed by atoms with E-state index in [1.807, 2.05) is 18.2 Å². The number of ether oxygens (including phenoxy) is 1. The number of morpholine rings is 1. The summed E-state index contributed by atoms with van der Waals surface area (Å²) in [5.74, 6) is -0.452. The van der Waals surface area contributed by atoms with Crippen LogP contribution in [0.5, 0.6) is 0 Å². The summed E-state index contributed by atoms with van der Waals surface area (Å²) in [6.45, 7) is 3.64. The summed E-state index contributed by atoms with van der Waals surface area (Å²) in [4.78, 5) is 14.5. The fourth-order valence-electron chi connectivity index (χ4n) is 3.02. The molecule has 0 aromatic heterocycles. The molecule has 1 N–H and O–H groups in total. The lowest BCUT2D eigenvalue weighted by Crippen LogP contribution is -2.43. The predicted octanol–water partition coefficient (Wildman–Crippen LogP) is 3.03. The second kappa shape index (κ2) is 9.27. The van der Waals surface area contributed by atoms with Gasteiger partial charge < -0.3 is 10.1 Å². The molecule has 1 heterocycles. The SMILES string of the molecule is O=C(C=Cc1ccc(F)cc1)NCC(c1ccccc1)N1CCOCC1. The normalized spacial score (nSPS) is 16.5. The van der Waals surface area contributed by atoms with Crippen molar-refractivity contribution in [3.05, 3.63) is 77.6 Å². The van der Waals surface area contributed by atoms with Gasteiger partial charge in [-0.3, -0.25) is 9.69 Å². The number of carbonyl (C=O) groups excluding carboxylic acids is 1. The Bertz CT molecular complexity index is 725. The van der Waals surface area contributed by atoms with Gasteiger partial charge in [-0.25, -0.2) is 4.39 Å². The molecule has 1 atom stereocenters. The first-order valence-corrected chi connectivity index (χ1v) is 8.80. The summed E-state index contributed by atoms with van der Waals surface area (Å²) < 4.78 is 18.4. The maximum absolute atomic E-state index is 12.9. The molecular weight excluding hydrogens is 331 g/mol. The zero-order valence-electron chi connectivity index (χ0n) is 14.6. The molecule has 0 saturated carbocycles. The number of hydrogen-bond acceptors (Lipinski definition) is 3. The van der Waals surface area contributed by atoms with E-state index in [1.54, 1.807) is 18.2 Å². The highest BCUT2D eigenvalue weighted by atomic mass is 19.1. The third-order valence-electron chi connectivity index (χ3n) is 4.44. The Balaban J connectivity index is 1.61. The van der Waals surface area contributed by atoms with Crippen LogP contribution in [0.3, 0.4) is 0 Å². The van der Waals surface area contributed by atoms with Crippen molar-refractivity contribution in [1.29, 1.82) is 0 Å². The molecule has 1 saturated heterocycles. The second-order valence-electron chi connectivity index (χ2n) is 6.20. The van der Waals surface area contributed by atoms with Crippen molar-refractivity contribution in [1.82, 2.24) is 10.2 Å². The van der Waals surface area contributed by atoms with E-state index in [0.717, 1.165) is 18.7 Å². The van der Waals surface area contributed by atoms with Gasteiger partial charge in [-0.15, -0.1) is 0 Å². The van der Waals surface area contributed by atoms with E-state index < -0.39 is 0 Å². The van der Waals surface area contributed by atoms with Crippen LogP contribution in [0, 0.1) is 5.82 Å². The lowest BCUT2D eigenvalue weighted by Gasteiger charge is -2.34. The molecule has 0 spiro atoms. The molecule has 0 radical (unpaired) electrons. The number of nitrogens with one attached hydrogen (secondary N) is 1. The van der Waals surface area contributed by atoms with Crippen molar-refractivity contribution in [2.24, 2.45) is 0 Å². The number of amides is 1. The van der Waals surface area contributed by atoms with Gasteiger partial charge in [0.15, 0.2) is 0 Å². The molecule has 136 valence electrons. The van der Waals surface area contributed by atoms with Gasteiger partial charge >= 0.3 is 0 Å². The standard InChI is InChI=1S/C21H23FN2O2/c22-19-9-6-17(7-10-19)8-11-21(25)23-16-20(18-4-2-1-3-5-18)24-12-14-26-15-13-24/h1-11,20H,12-16H2,(H,23,25). The zero-order valence-corrected chi connectivity index (χ0v) is 14.6. The van der Waals surface area contributed by atoms with E-state index in [9.17, 15) is 9.18 Å². The van der Waals surface area contributed by atoms with Gasteiger partial charge in [0, 0.05) is 25.7 Å². The first kappa shape index (κ1) is 18.3. The molecule has 0 aliphatic carbocycles. The van der Waals surface area contributed by atoms with Crippen LogP contribution in [0.2, 0.25) is 0 Å². The summed E-state index contributed by atoms with van der Waals surface area (Å²) in [5.41, 5.74) is 1.96. The molecule has 4 nitrogen and oxygen atoms in total. The van der Waals surface area contributed by atoms with E-state index in [1.165, 1.54) is 23.8 Å². The second-order valence-corrected chi connectivity index (χ2v) is 6.20. The van der Waals surface area contributed by atoms with Crippen LogP contribution in [0.25, 0.3) is 6.08 Å². The molecule has 1 amide bonds. The maximum atomic E-state index is 12.9. The minimum Gasteiger partial charge on any atom is -0.379 e. The Hall–Kier alpha value is -2.50. The van der Waals surface area contributed by atoms with Gasteiger partial charge in [0.2, 0.25) is 5.91 Å². The summed E-state index contributed by atoms with van der Waals surface area (Å²) in [5, 5.41) is 2.98. The minimum absolute atomic E-state index is 0.114. The van der Waals surface area contributed by atoms with Crippen LogP contribution < -0.4 is 5.32 Å². The van der Waals surface area contributed by atoms with Gasteiger partial charge in [0.25, 0.3) is 0 Å². The highest BCUT2D eigenvalue weighted by Gasteiger charge is 2.22. The molecular formula is C21H23FN2O2. The molecule has 1 aliphatic rings. The Kier molecular flexibility index (Phi) is 6.52. The smallest absolute Gasteiger partial charge is 0.244 e. The van der Waals surface area contributed by atoms with Gasteiger partial charge in [-0.05, 0) is 29.3 Å². The van der Waals surface area contributed by atoms with Gasteiger partial charge in [0.1, 0.15) is 5.82 Å². The number of halogens is 1. The highest BCUT2D eigenvalue weighted by molar-refractivity contribution is 5.91. The largest absolute Gasteiger partial charge is 0.379 e. The molecule has 0 bridgehead atoms. The molecule has 1 aliphatic heterocycles. The monoisotopic (exact) mass is 354 g/mol. The third kappa shape index (κ3) is 5.25. The Morgan fingerprint density at radius 1 is 1.12 bits per heavy atom. The predicted molar refractivity (Wildman–Crippen MR) is 100 cm³/mol. The number of benzene rings is 2. The summed E-state index contributed by atoms with van der Waals surface area (Å²) in [6.07, 6.45) is 3.16. The number of nitrogens with zero attached hydrogens (tertiary/aromatic N) is 1. The first-order chi connectivity index (χ1) is 12.7. The van der Waals surface area contributed by atoms with Gasteiger partial charge in [-0.1, -0.05) is 42.5 Å². The van der Waals surface area contributed by atoms with Crippen LogP contribution in [0.1, 0.15) is 17.2 Å². The van der Waals surface area contributed by atoms with E-state index in [2.05, 4.69) is 22.3 Å². The Morgan fingerprint density at radius 3 is 2.50 bits per heavy atom. The molecule has 2 aromatic rings. The lowest BCUT2D eigenvalue weighted by atomic mass is 10.0. The van der Waals surface area contributed by atoms with Crippen LogP contribution in [0.15, 0.2) is 60.7 Å². The van der Waals surface area contributed by atoms with Crippen LogP contribution in [-0.2, 0) is 9.53 Å². The Labute approximate surface area is 153 Å². The van der Waals surface area contributed by atoms with Crippen LogP contribution in [-0.4, -0.2) is 43.7 Å². The first-order valence-electron chi connectivity index (χ1n) is 8.80. The van der Waals surface area contributed by atoms with E-state index in [0.29, 0.717) is 19.8 Å². The maximum Gasteiger partial charge on any atom is 0.244 e. The van der Waals surface area contributed by atoms with Crippen LogP contribution in [0.4, 0.5) is 4.39 Å². The van der Waals surface area contributed by atoms with Crippen molar-refractivity contribution in [2.45, 2.75) is 6.04 Å². The Morgan fingerprint density at radius 2 is 1.81 bits per heavy atom. The number of hydrogen-bond donors (Lipinski definition) is 1. The van der Waals surface area contributed by atoms with E-state index in [-0.39, 0.29) is 17.8 Å². The quantitative estimate of drug-likeness (QED) is 0.811. The number of carbonyl (C=O) groups is 1. The summed E-state index contributed by atoms with van der Waals surface area (Å²) >= 11 is 0. The topological polar surface area (TPSA) is 41.6 Å². The van der Waals surface area contributed by atoms with Crippen molar-refractivity contribution in [2.75, 3.05) is 32.8 Å². The third-order valence-corrected chi connectivity index (χ3v) is 4.44. The molecule has 1 unspecified atom stereocenters. The van der Waals surface area contributed by atoms with Crippen molar-refractivity contribution < 1.29 is 13.9 Å². The molecule has 3 rings (SSSR count). The molecule has 1 fully saturated rings. The highest BCUT2D eigenvalue weighted by Crippen LogP contribution is 2.21. The van der Waals surface area contributed by atoms with E-state index in [4.69, 9.17) is 4.74 Å². The average Bonchev–Trinajstić information content (AvgIpc) is 2.69. The van der Waals surface area contributed by atoms with Crippen molar-refractivity contribution in [3.8, 4) is 0 Å². The molecule has 26 heavy (non-hydrogen) atoms. The van der Waals surface area contributed by atoms with Crippen molar-refractivity contribution in [3.63, 3.8) is 0 Å². The average molecular weight is 354 g/mol. The van der Waals surface area contributed by atoms with E-state index >= 15 is 0 Å². The number of rotatable bonds is 6. The van der Waals surface area contributed by atoms with Crippen molar-refractivity contribution >= 4 is 12.0 Å². The fourth-order valence-corrected chi connectivity index (χ4v) is 3.02. The zero-order chi connectivity index (χ0) is 18.2. The van der Waals surface area contributed by atoms with Gasteiger partial charge in [0.05, 0.1) is 19.3 Å². The summed E-state index contributed by atoms with van der Waals surface area (Å²) in [7, 11) is 0. The molecule has 2 aromatic carbocycles. The lowest BCUT2D eigenvalue weighted by molar-refractivity contribution is -0.116. The fraction of sp³-hybridized carbons (Fsp3) is 0.286. The molecule has 5 heteroatoms.